The SMILES string of the molecule is CC(=O)N1CCN(c2ccc(C(C)N)cn2)CC1. The molecule has 0 aliphatic carbocycles. The van der Waals surface area contributed by atoms with Gasteiger partial charge in [0, 0.05) is 45.3 Å². The molecule has 2 N–H and O–H groups in total. The number of carbonyl (C=O) groups is 1. The van der Waals surface area contributed by atoms with Crippen LogP contribution >= 0.6 is 0 Å². The fourth-order valence-corrected chi connectivity index (χ4v) is 2.10. The van der Waals surface area contributed by atoms with E-state index in [2.05, 4.69) is 9.88 Å². The van der Waals surface area contributed by atoms with Crippen LogP contribution in [0.1, 0.15) is 25.5 Å². The van der Waals surface area contributed by atoms with Crippen molar-refractivity contribution in [1.29, 1.82) is 0 Å². The minimum Gasteiger partial charge on any atom is -0.353 e. The van der Waals surface area contributed by atoms with Crippen LogP contribution < -0.4 is 10.6 Å². The van der Waals surface area contributed by atoms with Crippen LogP contribution in [0.15, 0.2) is 18.3 Å². The first-order valence-corrected chi connectivity index (χ1v) is 6.30. The molecule has 1 saturated heterocycles. The lowest BCUT2D eigenvalue weighted by molar-refractivity contribution is -0.129. The average molecular weight is 248 g/mol. The molecule has 1 aliphatic heterocycles. The highest BCUT2D eigenvalue weighted by atomic mass is 16.2. The number of nitrogens with zero attached hydrogens (tertiary/aromatic N) is 3. The second-order valence-corrected chi connectivity index (χ2v) is 4.73. The van der Waals surface area contributed by atoms with Gasteiger partial charge in [-0.25, -0.2) is 4.98 Å². The summed E-state index contributed by atoms with van der Waals surface area (Å²) < 4.78 is 0. The van der Waals surface area contributed by atoms with Gasteiger partial charge in [0.15, 0.2) is 0 Å². The van der Waals surface area contributed by atoms with Crippen LogP contribution in [0.25, 0.3) is 0 Å². The molecule has 5 nitrogen and oxygen atoms in total. The van der Waals surface area contributed by atoms with Crippen LogP contribution in [0.2, 0.25) is 0 Å². The van der Waals surface area contributed by atoms with Gasteiger partial charge < -0.3 is 15.5 Å². The molecule has 1 unspecified atom stereocenters. The maximum atomic E-state index is 11.2. The van der Waals surface area contributed by atoms with Gasteiger partial charge in [-0.3, -0.25) is 4.79 Å². The highest BCUT2D eigenvalue weighted by molar-refractivity contribution is 5.73. The zero-order chi connectivity index (χ0) is 13.1. The summed E-state index contributed by atoms with van der Waals surface area (Å²) in [5.74, 6) is 1.11. The predicted molar refractivity (Wildman–Crippen MR) is 71.3 cm³/mol. The molecule has 0 aromatic carbocycles. The highest BCUT2D eigenvalue weighted by Crippen LogP contribution is 2.16. The Hall–Kier alpha value is -1.62. The first-order chi connectivity index (χ1) is 8.58. The van der Waals surface area contributed by atoms with Gasteiger partial charge in [-0.2, -0.15) is 0 Å². The lowest BCUT2D eigenvalue weighted by Crippen LogP contribution is -2.48. The van der Waals surface area contributed by atoms with Crippen LogP contribution in [0, 0.1) is 0 Å². The van der Waals surface area contributed by atoms with E-state index < -0.39 is 0 Å². The van der Waals surface area contributed by atoms with Crippen LogP contribution in [-0.4, -0.2) is 42.0 Å². The minimum absolute atomic E-state index is 0.0149. The first-order valence-electron chi connectivity index (χ1n) is 6.30. The zero-order valence-corrected chi connectivity index (χ0v) is 11.0. The van der Waals surface area contributed by atoms with Crippen LogP contribution in [0.5, 0.6) is 0 Å². The van der Waals surface area contributed by atoms with Gasteiger partial charge in [0.1, 0.15) is 5.82 Å². The Kier molecular flexibility index (Phi) is 3.81. The van der Waals surface area contributed by atoms with Crippen molar-refractivity contribution in [1.82, 2.24) is 9.88 Å². The molecule has 1 aromatic rings. The number of carbonyl (C=O) groups excluding carboxylic acids is 1. The Morgan fingerprint density at radius 1 is 1.33 bits per heavy atom. The van der Waals surface area contributed by atoms with E-state index in [1.54, 1.807) is 6.92 Å². The fourth-order valence-electron chi connectivity index (χ4n) is 2.10. The molecule has 18 heavy (non-hydrogen) atoms. The molecule has 1 fully saturated rings. The molecular formula is C13H20N4O. The number of anilines is 1. The van der Waals surface area contributed by atoms with Crippen molar-refractivity contribution in [3.05, 3.63) is 23.9 Å². The van der Waals surface area contributed by atoms with Gasteiger partial charge in [-0.1, -0.05) is 6.07 Å². The standard InChI is InChI=1S/C13H20N4O/c1-10(14)12-3-4-13(15-9-12)17-7-5-16(6-8-17)11(2)18/h3-4,9-10H,5-8,14H2,1-2H3. The Balaban J connectivity index is 1.99. The average Bonchev–Trinajstić information content (AvgIpc) is 2.39. The smallest absolute Gasteiger partial charge is 0.219 e. The van der Waals surface area contributed by atoms with Gasteiger partial charge in [0.2, 0.25) is 5.91 Å². The van der Waals surface area contributed by atoms with Gasteiger partial charge in [0.25, 0.3) is 0 Å². The largest absolute Gasteiger partial charge is 0.353 e. The molecule has 0 spiro atoms. The number of piperazine rings is 1. The molecule has 2 heterocycles. The summed E-state index contributed by atoms with van der Waals surface area (Å²) in [6.07, 6.45) is 1.83. The fraction of sp³-hybridized carbons (Fsp3) is 0.538. The summed E-state index contributed by atoms with van der Waals surface area (Å²) >= 11 is 0. The predicted octanol–water partition coefficient (Wildman–Crippen LogP) is 0.770. The molecule has 0 saturated carbocycles. The molecule has 98 valence electrons. The van der Waals surface area contributed by atoms with E-state index in [0.29, 0.717) is 0 Å². The molecule has 1 atom stereocenters. The van der Waals surface area contributed by atoms with Gasteiger partial charge in [-0.15, -0.1) is 0 Å². The van der Waals surface area contributed by atoms with Crippen molar-refractivity contribution in [3.8, 4) is 0 Å². The van der Waals surface area contributed by atoms with Crippen molar-refractivity contribution in [2.75, 3.05) is 31.1 Å². The van der Waals surface area contributed by atoms with Gasteiger partial charge in [0.05, 0.1) is 0 Å². The lowest BCUT2D eigenvalue weighted by Gasteiger charge is -2.34. The number of hydrogen-bond acceptors (Lipinski definition) is 4. The Morgan fingerprint density at radius 2 is 2.00 bits per heavy atom. The van der Waals surface area contributed by atoms with E-state index in [9.17, 15) is 4.79 Å². The van der Waals surface area contributed by atoms with E-state index in [1.807, 2.05) is 30.2 Å². The lowest BCUT2D eigenvalue weighted by atomic mass is 10.1. The van der Waals surface area contributed by atoms with Gasteiger partial charge >= 0.3 is 0 Å². The number of pyridine rings is 1. The van der Waals surface area contributed by atoms with Crippen LogP contribution in [-0.2, 0) is 4.79 Å². The molecule has 0 radical (unpaired) electrons. The van der Waals surface area contributed by atoms with E-state index in [0.717, 1.165) is 37.6 Å². The van der Waals surface area contributed by atoms with Crippen molar-refractivity contribution >= 4 is 11.7 Å². The summed E-state index contributed by atoms with van der Waals surface area (Å²) in [7, 11) is 0. The minimum atomic E-state index is 0.0149. The Labute approximate surface area is 108 Å². The number of amides is 1. The quantitative estimate of drug-likeness (QED) is 0.839. The third-order valence-electron chi connectivity index (χ3n) is 3.35. The number of rotatable bonds is 2. The van der Waals surface area contributed by atoms with Gasteiger partial charge in [-0.05, 0) is 18.6 Å². The normalized spacial score (nSPS) is 17.7. The third kappa shape index (κ3) is 2.79. The maximum Gasteiger partial charge on any atom is 0.219 e. The van der Waals surface area contributed by atoms with Crippen LogP contribution in [0.4, 0.5) is 5.82 Å². The van der Waals surface area contributed by atoms with E-state index in [4.69, 9.17) is 5.73 Å². The molecule has 1 amide bonds. The zero-order valence-electron chi connectivity index (χ0n) is 11.0. The van der Waals surface area contributed by atoms with E-state index >= 15 is 0 Å². The number of nitrogens with two attached hydrogens (primary N) is 1. The first kappa shape index (κ1) is 12.8. The maximum absolute atomic E-state index is 11.2. The molecule has 0 bridgehead atoms. The second kappa shape index (κ2) is 5.35. The number of aromatic nitrogens is 1. The van der Waals surface area contributed by atoms with Crippen molar-refractivity contribution in [2.24, 2.45) is 5.73 Å². The summed E-state index contributed by atoms with van der Waals surface area (Å²) in [5.41, 5.74) is 6.84. The van der Waals surface area contributed by atoms with Crippen molar-refractivity contribution in [3.63, 3.8) is 0 Å². The van der Waals surface area contributed by atoms with E-state index in [-0.39, 0.29) is 11.9 Å². The topological polar surface area (TPSA) is 62.5 Å². The monoisotopic (exact) mass is 248 g/mol. The molecule has 5 heteroatoms. The molecular weight excluding hydrogens is 228 g/mol. The molecule has 1 aliphatic rings. The summed E-state index contributed by atoms with van der Waals surface area (Å²) in [6.45, 7) is 6.78. The second-order valence-electron chi connectivity index (χ2n) is 4.73. The summed E-state index contributed by atoms with van der Waals surface area (Å²) in [5, 5.41) is 0. The highest BCUT2D eigenvalue weighted by Gasteiger charge is 2.19. The molecule has 1 aromatic heterocycles. The summed E-state index contributed by atoms with van der Waals surface area (Å²) in [4.78, 5) is 19.7. The van der Waals surface area contributed by atoms with Crippen molar-refractivity contribution in [2.45, 2.75) is 19.9 Å². The molecule has 2 rings (SSSR count). The third-order valence-corrected chi connectivity index (χ3v) is 3.35. The van der Waals surface area contributed by atoms with E-state index in [1.165, 1.54) is 0 Å². The number of hydrogen-bond donors (Lipinski definition) is 1. The van der Waals surface area contributed by atoms with Crippen molar-refractivity contribution < 1.29 is 4.79 Å². The Morgan fingerprint density at radius 3 is 2.44 bits per heavy atom. The summed E-state index contributed by atoms with van der Waals surface area (Å²) in [6, 6.07) is 4.04. The van der Waals surface area contributed by atoms with Crippen LogP contribution in [0.3, 0.4) is 0 Å². The Bertz CT molecular complexity index is 408.